The van der Waals surface area contributed by atoms with Crippen LogP contribution in [0.2, 0.25) is 0 Å². The SMILES string of the molecule is CCCCn1c(O)c(C=NN=C(N)N)c(=O)[nH]c1=S. The number of hydrogen-bond acceptors (Lipinski definition) is 5. The zero-order chi connectivity index (χ0) is 14.4. The molecule has 0 saturated carbocycles. The van der Waals surface area contributed by atoms with Crippen molar-refractivity contribution in [1.29, 1.82) is 0 Å². The van der Waals surface area contributed by atoms with Gasteiger partial charge in [-0.25, -0.2) is 0 Å². The molecule has 1 rings (SSSR count). The van der Waals surface area contributed by atoms with Crippen LogP contribution in [-0.4, -0.2) is 26.8 Å². The molecule has 19 heavy (non-hydrogen) atoms. The Hall–Kier alpha value is -2.16. The monoisotopic (exact) mass is 284 g/mol. The predicted molar refractivity (Wildman–Crippen MR) is 75.9 cm³/mol. The van der Waals surface area contributed by atoms with Crippen LogP contribution in [0.3, 0.4) is 0 Å². The molecule has 1 aromatic rings. The van der Waals surface area contributed by atoms with Crippen molar-refractivity contribution in [2.75, 3.05) is 0 Å². The van der Waals surface area contributed by atoms with Gasteiger partial charge in [0.2, 0.25) is 11.8 Å². The lowest BCUT2D eigenvalue weighted by Gasteiger charge is -2.09. The summed E-state index contributed by atoms with van der Waals surface area (Å²) in [4.78, 5) is 14.1. The van der Waals surface area contributed by atoms with E-state index >= 15 is 0 Å². The first-order valence-corrected chi connectivity index (χ1v) is 6.06. The van der Waals surface area contributed by atoms with E-state index in [0.29, 0.717) is 6.54 Å². The number of H-pyrrole nitrogens is 1. The highest BCUT2D eigenvalue weighted by Crippen LogP contribution is 2.12. The third-order valence-corrected chi connectivity index (χ3v) is 2.62. The summed E-state index contributed by atoms with van der Waals surface area (Å²) in [7, 11) is 0. The molecular weight excluding hydrogens is 268 g/mol. The minimum atomic E-state index is -0.551. The van der Waals surface area contributed by atoms with Crippen molar-refractivity contribution in [2.45, 2.75) is 26.3 Å². The van der Waals surface area contributed by atoms with E-state index in [1.807, 2.05) is 6.92 Å². The number of rotatable bonds is 5. The highest BCUT2D eigenvalue weighted by atomic mass is 32.1. The van der Waals surface area contributed by atoms with Gasteiger partial charge in [0, 0.05) is 6.54 Å². The summed E-state index contributed by atoms with van der Waals surface area (Å²) in [6, 6.07) is 0. The quantitative estimate of drug-likeness (QED) is 0.261. The summed E-state index contributed by atoms with van der Waals surface area (Å²) in [6.45, 7) is 2.51. The maximum Gasteiger partial charge on any atom is 0.264 e. The molecule has 0 aliphatic rings. The lowest BCUT2D eigenvalue weighted by molar-refractivity contribution is 0.398. The normalized spacial score (nSPS) is 10.8. The molecule has 0 atom stereocenters. The van der Waals surface area contributed by atoms with Gasteiger partial charge in [-0.3, -0.25) is 14.3 Å². The van der Waals surface area contributed by atoms with Crippen molar-refractivity contribution in [3.63, 3.8) is 0 Å². The summed E-state index contributed by atoms with van der Waals surface area (Å²) >= 11 is 4.99. The Morgan fingerprint density at radius 1 is 1.58 bits per heavy atom. The average Bonchev–Trinajstić information content (AvgIpc) is 2.32. The Balaban J connectivity index is 3.25. The first kappa shape index (κ1) is 14.9. The molecule has 0 radical (unpaired) electrons. The second kappa shape index (κ2) is 6.69. The number of aromatic nitrogens is 2. The van der Waals surface area contributed by atoms with E-state index in [9.17, 15) is 9.90 Å². The minimum absolute atomic E-state index is 0.0466. The Morgan fingerprint density at radius 3 is 2.84 bits per heavy atom. The molecule has 8 nitrogen and oxygen atoms in total. The fourth-order valence-electron chi connectivity index (χ4n) is 1.37. The molecule has 104 valence electrons. The number of nitrogens with zero attached hydrogens (tertiary/aromatic N) is 3. The standard InChI is InChI=1S/C10H16N6O2S/c1-2-3-4-16-8(18)6(5-13-15-9(11)12)7(17)14-10(16)19/h5,18H,2-4H2,1H3,(H4,11,12,15)(H,14,17,19). The molecule has 0 unspecified atom stereocenters. The number of aromatic hydroxyl groups is 1. The van der Waals surface area contributed by atoms with Gasteiger partial charge in [-0.2, -0.15) is 5.10 Å². The van der Waals surface area contributed by atoms with Gasteiger partial charge >= 0.3 is 0 Å². The van der Waals surface area contributed by atoms with Crippen molar-refractivity contribution in [3.8, 4) is 5.88 Å². The van der Waals surface area contributed by atoms with Crippen molar-refractivity contribution >= 4 is 24.4 Å². The van der Waals surface area contributed by atoms with Crippen LogP contribution in [0.15, 0.2) is 15.0 Å². The van der Waals surface area contributed by atoms with Crippen LogP contribution >= 0.6 is 12.2 Å². The lowest BCUT2D eigenvalue weighted by Crippen LogP contribution is -2.22. The number of nitrogens with one attached hydrogen (secondary N) is 1. The Kier molecular flexibility index (Phi) is 5.24. The van der Waals surface area contributed by atoms with Crippen LogP contribution in [0, 0.1) is 4.77 Å². The maximum absolute atomic E-state index is 11.7. The number of unbranched alkanes of at least 4 members (excludes halogenated alkanes) is 1. The van der Waals surface area contributed by atoms with Crippen LogP contribution in [0.1, 0.15) is 25.3 Å². The van der Waals surface area contributed by atoms with Crippen molar-refractivity contribution in [2.24, 2.45) is 21.7 Å². The van der Waals surface area contributed by atoms with Gasteiger partial charge in [0.1, 0.15) is 5.56 Å². The zero-order valence-corrected chi connectivity index (χ0v) is 11.3. The van der Waals surface area contributed by atoms with Gasteiger partial charge in [-0.1, -0.05) is 13.3 Å². The predicted octanol–water partition coefficient (Wildman–Crippen LogP) is 0.0189. The molecule has 0 bridgehead atoms. The van der Waals surface area contributed by atoms with Gasteiger partial charge in [0.15, 0.2) is 4.77 Å². The second-order valence-electron chi connectivity index (χ2n) is 3.77. The maximum atomic E-state index is 11.7. The number of nitrogens with two attached hydrogens (primary N) is 2. The van der Waals surface area contributed by atoms with Crippen molar-refractivity contribution in [3.05, 3.63) is 20.7 Å². The van der Waals surface area contributed by atoms with Crippen LogP contribution in [0.5, 0.6) is 5.88 Å². The van der Waals surface area contributed by atoms with E-state index in [-0.39, 0.29) is 22.2 Å². The topological polar surface area (TPSA) is 135 Å². The van der Waals surface area contributed by atoms with Crippen LogP contribution in [0.25, 0.3) is 0 Å². The summed E-state index contributed by atoms with van der Waals surface area (Å²) in [5.41, 5.74) is 9.59. The molecule has 1 heterocycles. The van der Waals surface area contributed by atoms with Crippen LogP contribution in [-0.2, 0) is 6.54 Å². The largest absolute Gasteiger partial charge is 0.494 e. The lowest BCUT2D eigenvalue weighted by atomic mass is 10.3. The highest BCUT2D eigenvalue weighted by molar-refractivity contribution is 7.71. The number of hydrogen-bond donors (Lipinski definition) is 4. The molecule has 0 saturated heterocycles. The van der Waals surface area contributed by atoms with E-state index in [1.54, 1.807) is 0 Å². The smallest absolute Gasteiger partial charge is 0.264 e. The van der Waals surface area contributed by atoms with Gasteiger partial charge in [-0.15, -0.1) is 5.10 Å². The molecule has 0 amide bonds. The molecule has 9 heteroatoms. The Labute approximate surface area is 114 Å². The van der Waals surface area contributed by atoms with Crippen molar-refractivity contribution < 1.29 is 5.11 Å². The van der Waals surface area contributed by atoms with Gasteiger partial charge in [0.25, 0.3) is 5.56 Å². The van der Waals surface area contributed by atoms with Gasteiger partial charge in [0.05, 0.1) is 6.21 Å². The number of aromatic amines is 1. The fourth-order valence-corrected chi connectivity index (χ4v) is 1.64. The highest BCUT2D eigenvalue weighted by Gasteiger charge is 2.10. The van der Waals surface area contributed by atoms with Crippen LogP contribution in [0.4, 0.5) is 0 Å². The molecule has 0 fully saturated rings. The third kappa shape index (κ3) is 3.91. The van der Waals surface area contributed by atoms with Gasteiger partial charge in [-0.05, 0) is 18.6 Å². The molecule has 0 aromatic carbocycles. The summed E-state index contributed by atoms with van der Waals surface area (Å²) in [5.74, 6) is -0.498. The zero-order valence-electron chi connectivity index (χ0n) is 10.5. The molecule has 0 aliphatic heterocycles. The summed E-state index contributed by atoms with van der Waals surface area (Å²) in [5, 5.41) is 16.9. The first-order valence-electron chi connectivity index (χ1n) is 5.65. The van der Waals surface area contributed by atoms with E-state index in [0.717, 1.165) is 19.1 Å². The third-order valence-electron chi connectivity index (χ3n) is 2.30. The molecule has 1 aromatic heterocycles. The van der Waals surface area contributed by atoms with Crippen LogP contribution < -0.4 is 17.0 Å². The average molecular weight is 284 g/mol. The van der Waals surface area contributed by atoms with E-state index in [2.05, 4.69) is 15.2 Å². The first-order chi connectivity index (χ1) is 8.97. The molecule has 0 aliphatic carbocycles. The van der Waals surface area contributed by atoms with E-state index in [4.69, 9.17) is 23.7 Å². The van der Waals surface area contributed by atoms with E-state index in [1.165, 1.54) is 4.57 Å². The summed E-state index contributed by atoms with van der Waals surface area (Å²) in [6.07, 6.45) is 2.82. The Morgan fingerprint density at radius 2 is 2.26 bits per heavy atom. The summed E-state index contributed by atoms with van der Waals surface area (Å²) < 4.78 is 1.59. The fraction of sp³-hybridized carbons (Fsp3) is 0.400. The second-order valence-corrected chi connectivity index (χ2v) is 4.16. The molecule has 6 N–H and O–H groups in total. The molecular formula is C10H16N6O2S. The van der Waals surface area contributed by atoms with Crippen molar-refractivity contribution in [1.82, 2.24) is 9.55 Å². The van der Waals surface area contributed by atoms with E-state index < -0.39 is 5.56 Å². The van der Waals surface area contributed by atoms with Gasteiger partial charge < -0.3 is 16.6 Å². The number of guanidine groups is 1. The minimum Gasteiger partial charge on any atom is -0.494 e. The molecule has 0 spiro atoms. The Bertz CT molecular complexity index is 611.